The van der Waals surface area contributed by atoms with E-state index in [0.717, 1.165) is 12.2 Å². The fraction of sp³-hybridized carbons (Fsp3) is 0.190. The molecule has 1 atom stereocenters. The lowest BCUT2D eigenvalue weighted by atomic mass is 9.99. The molecule has 0 spiro atoms. The molecule has 1 aliphatic rings. The molecule has 0 saturated heterocycles. The van der Waals surface area contributed by atoms with Gasteiger partial charge in [-0.15, -0.1) is 0 Å². The molecule has 6 heteroatoms. The largest absolute Gasteiger partial charge is 0.348 e. The van der Waals surface area contributed by atoms with E-state index in [4.69, 9.17) is 0 Å². The van der Waals surface area contributed by atoms with Crippen LogP contribution in [0.2, 0.25) is 0 Å². The molecule has 1 N–H and O–H groups in total. The van der Waals surface area contributed by atoms with Crippen LogP contribution in [-0.2, 0) is 11.3 Å². The predicted octanol–water partition coefficient (Wildman–Crippen LogP) is 3.81. The number of hydrogen-bond acceptors (Lipinski definition) is 2. The number of nitrogens with one attached hydrogen (secondary N) is 1. The highest BCUT2D eigenvalue weighted by molar-refractivity contribution is 5.92. The Balaban J connectivity index is 1.58. The van der Waals surface area contributed by atoms with E-state index in [-0.39, 0.29) is 30.1 Å². The number of anilines is 1. The summed E-state index contributed by atoms with van der Waals surface area (Å²) in [6.07, 6.45) is 1.97. The number of benzene rings is 2. The minimum atomic E-state index is -0.357. The molecule has 138 valence electrons. The van der Waals surface area contributed by atoms with Crippen LogP contribution >= 0.6 is 0 Å². The Morgan fingerprint density at radius 3 is 2.56 bits per heavy atom. The standard InChI is InChI=1S/C21H19F2N3O/c22-15-7-9-16(10-8-15)24-20(27)14-26-13-12-25-11-3-6-19(25)21(26)17-4-1-2-5-18(17)23/h1-11,21H,12-14H2,(H,24,27)/t21-/m1/s1. The van der Waals surface area contributed by atoms with Crippen molar-refractivity contribution in [1.29, 1.82) is 0 Å². The number of amides is 1. The summed E-state index contributed by atoms with van der Waals surface area (Å²) in [5.74, 6) is -0.867. The predicted molar refractivity (Wildman–Crippen MR) is 99.3 cm³/mol. The second kappa shape index (κ2) is 7.32. The number of halogens is 2. The molecule has 0 fully saturated rings. The van der Waals surface area contributed by atoms with Crippen LogP contribution in [0.25, 0.3) is 0 Å². The van der Waals surface area contributed by atoms with Gasteiger partial charge in [-0.3, -0.25) is 9.69 Å². The first-order chi connectivity index (χ1) is 13.1. The highest BCUT2D eigenvalue weighted by atomic mass is 19.1. The molecule has 2 aromatic carbocycles. The van der Waals surface area contributed by atoms with Crippen molar-refractivity contribution in [2.75, 3.05) is 18.4 Å². The van der Waals surface area contributed by atoms with E-state index in [0.29, 0.717) is 17.8 Å². The average Bonchev–Trinajstić information content (AvgIpc) is 3.13. The van der Waals surface area contributed by atoms with Crippen molar-refractivity contribution in [3.63, 3.8) is 0 Å². The van der Waals surface area contributed by atoms with Crippen LogP contribution in [0.5, 0.6) is 0 Å². The number of hydrogen-bond donors (Lipinski definition) is 1. The van der Waals surface area contributed by atoms with E-state index in [9.17, 15) is 13.6 Å². The smallest absolute Gasteiger partial charge is 0.238 e. The zero-order valence-corrected chi connectivity index (χ0v) is 14.6. The van der Waals surface area contributed by atoms with Crippen molar-refractivity contribution in [1.82, 2.24) is 9.47 Å². The Labute approximate surface area is 156 Å². The fourth-order valence-electron chi connectivity index (χ4n) is 3.57. The molecular weight excluding hydrogens is 348 g/mol. The number of rotatable bonds is 4. The lowest BCUT2D eigenvalue weighted by Crippen LogP contribution is -2.43. The zero-order chi connectivity index (χ0) is 18.8. The topological polar surface area (TPSA) is 37.3 Å². The molecule has 0 aliphatic carbocycles. The number of carbonyl (C=O) groups is 1. The van der Waals surface area contributed by atoms with E-state index in [1.807, 2.05) is 23.2 Å². The van der Waals surface area contributed by atoms with Crippen molar-refractivity contribution in [2.24, 2.45) is 0 Å². The van der Waals surface area contributed by atoms with Crippen LogP contribution in [0.4, 0.5) is 14.5 Å². The lowest BCUT2D eigenvalue weighted by molar-refractivity contribution is -0.118. The second-order valence-electron chi connectivity index (χ2n) is 6.58. The second-order valence-corrected chi connectivity index (χ2v) is 6.58. The van der Waals surface area contributed by atoms with Crippen LogP contribution in [-0.4, -0.2) is 28.5 Å². The Kier molecular flexibility index (Phi) is 4.73. The van der Waals surface area contributed by atoms with E-state index in [1.54, 1.807) is 18.2 Å². The normalized spacial score (nSPS) is 16.7. The third-order valence-electron chi connectivity index (χ3n) is 4.81. The fourth-order valence-corrected chi connectivity index (χ4v) is 3.57. The zero-order valence-electron chi connectivity index (χ0n) is 14.6. The van der Waals surface area contributed by atoms with Crippen molar-refractivity contribution in [3.8, 4) is 0 Å². The van der Waals surface area contributed by atoms with Gasteiger partial charge in [-0.1, -0.05) is 18.2 Å². The molecule has 4 nitrogen and oxygen atoms in total. The maximum atomic E-state index is 14.5. The molecule has 1 amide bonds. The number of aromatic nitrogens is 1. The van der Waals surface area contributed by atoms with Crippen molar-refractivity contribution < 1.29 is 13.6 Å². The van der Waals surface area contributed by atoms with Gasteiger partial charge in [0.2, 0.25) is 5.91 Å². The van der Waals surface area contributed by atoms with Crippen molar-refractivity contribution in [3.05, 3.63) is 89.8 Å². The molecule has 3 aromatic rings. The molecule has 1 aliphatic heterocycles. The van der Waals surface area contributed by atoms with Gasteiger partial charge in [0.05, 0.1) is 12.6 Å². The first-order valence-electron chi connectivity index (χ1n) is 8.81. The molecule has 0 radical (unpaired) electrons. The summed E-state index contributed by atoms with van der Waals surface area (Å²) in [4.78, 5) is 14.5. The summed E-state index contributed by atoms with van der Waals surface area (Å²) in [6.45, 7) is 1.47. The molecule has 0 saturated carbocycles. The Morgan fingerprint density at radius 1 is 1.00 bits per heavy atom. The number of nitrogens with zero attached hydrogens (tertiary/aromatic N) is 2. The molecule has 1 aromatic heterocycles. The monoisotopic (exact) mass is 367 g/mol. The summed E-state index contributed by atoms with van der Waals surface area (Å²) >= 11 is 0. The number of carbonyl (C=O) groups excluding carboxylic acids is 1. The van der Waals surface area contributed by atoms with Crippen LogP contribution in [0.1, 0.15) is 17.3 Å². The first kappa shape index (κ1) is 17.4. The van der Waals surface area contributed by atoms with E-state index in [1.165, 1.54) is 30.3 Å². The van der Waals surface area contributed by atoms with Crippen LogP contribution in [0.3, 0.4) is 0 Å². The van der Waals surface area contributed by atoms with Gasteiger partial charge in [0.1, 0.15) is 11.6 Å². The Morgan fingerprint density at radius 2 is 1.78 bits per heavy atom. The van der Waals surface area contributed by atoms with Gasteiger partial charge in [0.25, 0.3) is 0 Å². The molecular formula is C21H19F2N3O. The van der Waals surface area contributed by atoms with Crippen LogP contribution < -0.4 is 5.32 Å². The van der Waals surface area contributed by atoms with Gasteiger partial charge in [-0.05, 0) is 42.5 Å². The SMILES string of the molecule is O=C(CN1CCn2cccc2[C@H]1c1ccccc1F)Nc1ccc(F)cc1. The highest BCUT2D eigenvalue weighted by Crippen LogP contribution is 2.33. The van der Waals surface area contributed by atoms with E-state index in [2.05, 4.69) is 9.88 Å². The van der Waals surface area contributed by atoms with Gasteiger partial charge in [-0.25, -0.2) is 8.78 Å². The van der Waals surface area contributed by atoms with E-state index < -0.39 is 0 Å². The summed E-state index contributed by atoms with van der Waals surface area (Å²) in [7, 11) is 0. The summed E-state index contributed by atoms with van der Waals surface area (Å²) in [6, 6.07) is 15.8. The third-order valence-corrected chi connectivity index (χ3v) is 4.81. The third kappa shape index (κ3) is 3.61. The summed E-state index contributed by atoms with van der Waals surface area (Å²) < 4.78 is 29.6. The lowest BCUT2D eigenvalue weighted by Gasteiger charge is -2.37. The molecule has 4 rings (SSSR count). The molecule has 27 heavy (non-hydrogen) atoms. The van der Waals surface area contributed by atoms with Gasteiger partial charge < -0.3 is 9.88 Å². The average molecular weight is 367 g/mol. The first-order valence-corrected chi connectivity index (χ1v) is 8.81. The van der Waals surface area contributed by atoms with Gasteiger partial charge in [0, 0.05) is 36.2 Å². The molecule has 2 heterocycles. The van der Waals surface area contributed by atoms with Crippen molar-refractivity contribution in [2.45, 2.75) is 12.6 Å². The minimum Gasteiger partial charge on any atom is -0.348 e. The van der Waals surface area contributed by atoms with Crippen molar-refractivity contribution >= 4 is 11.6 Å². The maximum absolute atomic E-state index is 14.5. The summed E-state index contributed by atoms with van der Waals surface area (Å²) in [5, 5.41) is 2.77. The molecule has 0 unspecified atom stereocenters. The molecule has 0 bridgehead atoms. The Bertz CT molecular complexity index is 952. The maximum Gasteiger partial charge on any atom is 0.238 e. The van der Waals surface area contributed by atoms with Gasteiger partial charge in [0.15, 0.2) is 0 Å². The van der Waals surface area contributed by atoms with Gasteiger partial charge >= 0.3 is 0 Å². The number of fused-ring (bicyclic) bond motifs is 1. The van der Waals surface area contributed by atoms with Gasteiger partial charge in [-0.2, -0.15) is 0 Å². The highest BCUT2D eigenvalue weighted by Gasteiger charge is 2.31. The quantitative estimate of drug-likeness (QED) is 0.761. The minimum absolute atomic E-state index is 0.113. The van der Waals surface area contributed by atoms with Crippen LogP contribution in [0.15, 0.2) is 66.9 Å². The summed E-state index contributed by atoms with van der Waals surface area (Å²) in [5.41, 5.74) is 2.04. The Hall–Kier alpha value is -2.99. The van der Waals surface area contributed by atoms with Crippen LogP contribution in [0, 0.1) is 11.6 Å². The van der Waals surface area contributed by atoms with E-state index >= 15 is 0 Å².